The first-order valence-corrected chi connectivity index (χ1v) is 9.33. The predicted molar refractivity (Wildman–Crippen MR) is 97.8 cm³/mol. The van der Waals surface area contributed by atoms with Crippen LogP contribution in [0.3, 0.4) is 0 Å². The molecule has 8 heteroatoms. The molecule has 1 unspecified atom stereocenters. The molecular formula is C18H18N4O3S. The number of benzene rings is 1. The van der Waals surface area contributed by atoms with E-state index >= 15 is 0 Å². The van der Waals surface area contributed by atoms with Gasteiger partial charge in [0.1, 0.15) is 16.4 Å². The van der Waals surface area contributed by atoms with Gasteiger partial charge in [-0.15, -0.1) is 10.2 Å². The van der Waals surface area contributed by atoms with E-state index in [0.29, 0.717) is 24.0 Å². The maximum Gasteiger partial charge on any atom is 0.229 e. The molecule has 1 fully saturated rings. The van der Waals surface area contributed by atoms with Crippen LogP contribution in [-0.4, -0.2) is 28.6 Å². The highest BCUT2D eigenvalue weighted by molar-refractivity contribution is 7.15. The number of carbonyl (C=O) groups excluding carboxylic acids is 2. The summed E-state index contributed by atoms with van der Waals surface area (Å²) in [6.07, 6.45) is 0.966. The number of rotatable bonds is 5. The lowest BCUT2D eigenvalue weighted by atomic mass is 10.1. The van der Waals surface area contributed by atoms with Crippen molar-refractivity contribution in [3.63, 3.8) is 0 Å². The number of aromatic nitrogens is 2. The van der Waals surface area contributed by atoms with Gasteiger partial charge in [-0.3, -0.25) is 14.5 Å². The third-order valence-corrected chi connectivity index (χ3v) is 5.49. The lowest BCUT2D eigenvalue weighted by Crippen LogP contribution is -2.32. The highest BCUT2D eigenvalue weighted by atomic mass is 32.1. The van der Waals surface area contributed by atoms with Crippen molar-refractivity contribution in [1.82, 2.24) is 15.5 Å². The van der Waals surface area contributed by atoms with Gasteiger partial charge in [-0.05, 0) is 18.6 Å². The minimum absolute atomic E-state index is 0.0901. The molecule has 0 spiro atoms. The quantitative estimate of drug-likeness (QED) is 0.745. The highest BCUT2D eigenvalue weighted by Crippen LogP contribution is 2.28. The second-order valence-corrected chi connectivity index (χ2v) is 7.25. The topological polar surface area (TPSA) is 88.3 Å². The number of para-hydroxylation sites is 1. The van der Waals surface area contributed by atoms with Gasteiger partial charge in [0.25, 0.3) is 0 Å². The third kappa shape index (κ3) is 3.20. The van der Waals surface area contributed by atoms with Gasteiger partial charge in [-0.1, -0.05) is 36.5 Å². The second kappa shape index (κ2) is 6.87. The zero-order chi connectivity index (χ0) is 18.1. The van der Waals surface area contributed by atoms with E-state index in [-0.39, 0.29) is 24.2 Å². The van der Waals surface area contributed by atoms with Crippen molar-refractivity contribution < 1.29 is 14.0 Å². The molecule has 0 bridgehead atoms. The summed E-state index contributed by atoms with van der Waals surface area (Å²) in [5, 5.41) is 13.4. The van der Waals surface area contributed by atoms with E-state index in [0.717, 1.165) is 22.4 Å². The molecule has 1 atom stereocenters. The van der Waals surface area contributed by atoms with Crippen molar-refractivity contribution in [2.24, 2.45) is 5.92 Å². The number of fused-ring (bicyclic) bond motifs is 1. The van der Waals surface area contributed by atoms with Crippen molar-refractivity contribution >= 4 is 39.3 Å². The lowest BCUT2D eigenvalue weighted by molar-refractivity contribution is -0.126. The fourth-order valence-electron chi connectivity index (χ4n) is 3.01. The molecule has 2 amide bonds. The Morgan fingerprint density at radius 1 is 1.38 bits per heavy atom. The van der Waals surface area contributed by atoms with Crippen molar-refractivity contribution in [1.29, 1.82) is 0 Å². The van der Waals surface area contributed by atoms with E-state index in [9.17, 15) is 9.59 Å². The SMILES string of the molecule is CCc1nnc(N2CC(C(=O)NCc3cc4ccccc4o3)CC2=O)s1. The van der Waals surface area contributed by atoms with Crippen LogP contribution in [0.25, 0.3) is 11.0 Å². The average molecular weight is 370 g/mol. The standard InChI is InChI=1S/C18H18N4O3S/c1-2-15-20-21-18(26-15)22-10-12(8-16(22)23)17(24)19-9-13-7-11-5-3-4-6-14(11)25-13/h3-7,12H,2,8-10H2,1H3,(H,19,24). The second-order valence-electron chi connectivity index (χ2n) is 6.21. The molecule has 26 heavy (non-hydrogen) atoms. The summed E-state index contributed by atoms with van der Waals surface area (Å²) in [6.45, 7) is 2.63. The first kappa shape index (κ1) is 16.7. The monoisotopic (exact) mass is 370 g/mol. The maximum absolute atomic E-state index is 12.5. The number of nitrogens with zero attached hydrogens (tertiary/aromatic N) is 3. The van der Waals surface area contributed by atoms with Crippen LogP contribution in [0.2, 0.25) is 0 Å². The molecule has 1 aliphatic heterocycles. The normalized spacial score (nSPS) is 17.2. The van der Waals surface area contributed by atoms with Crippen molar-refractivity contribution in [3.05, 3.63) is 41.1 Å². The van der Waals surface area contributed by atoms with Crippen molar-refractivity contribution in [2.45, 2.75) is 26.3 Å². The van der Waals surface area contributed by atoms with Gasteiger partial charge in [0.2, 0.25) is 16.9 Å². The van der Waals surface area contributed by atoms with E-state index in [2.05, 4.69) is 15.5 Å². The van der Waals surface area contributed by atoms with Gasteiger partial charge in [0.05, 0.1) is 12.5 Å². The summed E-state index contributed by atoms with van der Waals surface area (Å²) >= 11 is 1.40. The molecule has 0 radical (unpaired) electrons. The van der Waals surface area contributed by atoms with Crippen LogP contribution in [-0.2, 0) is 22.6 Å². The summed E-state index contributed by atoms with van der Waals surface area (Å²) in [6, 6.07) is 9.61. The van der Waals surface area contributed by atoms with Crippen LogP contribution >= 0.6 is 11.3 Å². The predicted octanol–water partition coefficient (Wildman–Crippen LogP) is 2.52. The Kier molecular flexibility index (Phi) is 4.42. The summed E-state index contributed by atoms with van der Waals surface area (Å²) < 4.78 is 5.70. The molecule has 0 aliphatic carbocycles. The summed E-state index contributed by atoms with van der Waals surface area (Å²) in [4.78, 5) is 26.3. The van der Waals surface area contributed by atoms with Gasteiger partial charge >= 0.3 is 0 Å². The number of amides is 2. The van der Waals surface area contributed by atoms with Crippen LogP contribution in [0.4, 0.5) is 5.13 Å². The Morgan fingerprint density at radius 2 is 2.23 bits per heavy atom. The molecule has 7 nitrogen and oxygen atoms in total. The van der Waals surface area contributed by atoms with E-state index in [1.165, 1.54) is 11.3 Å². The van der Waals surface area contributed by atoms with E-state index < -0.39 is 0 Å². The molecule has 0 saturated carbocycles. The van der Waals surface area contributed by atoms with Crippen molar-refractivity contribution in [2.75, 3.05) is 11.4 Å². The molecule has 3 aromatic rings. The number of hydrogen-bond acceptors (Lipinski definition) is 6. The number of furan rings is 1. The Balaban J connectivity index is 1.38. The van der Waals surface area contributed by atoms with E-state index in [1.54, 1.807) is 4.90 Å². The number of aryl methyl sites for hydroxylation is 1. The highest BCUT2D eigenvalue weighted by Gasteiger charge is 2.36. The molecule has 1 aromatic carbocycles. The lowest BCUT2D eigenvalue weighted by Gasteiger charge is -2.12. The van der Waals surface area contributed by atoms with Crippen LogP contribution in [0, 0.1) is 5.92 Å². The molecule has 1 N–H and O–H groups in total. The molecule has 4 rings (SSSR count). The number of anilines is 1. The molecular weight excluding hydrogens is 352 g/mol. The first-order chi connectivity index (χ1) is 12.6. The fourth-order valence-corrected chi connectivity index (χ4v) is 3.81. The van der Waals surface area contributed by atoms with Gasteiger partial charge < -0.3 is 9.73 Å². The Labute approximate surface area is 154 Å². The Hall–Kier alpha value is -2.74. The third-order valence-electron chi connectivity index (χ3n) is 4.40. The van der Waals surface area contributed by atoms with Gasteiger partial charge in [0.15, 0.2) is 0 Å². The van der Waals surface area contributed by atoms with E-state index in [1.807, 2.05) is 37.3 Å². The summed E-state index contributed by atoms with van der Waals surface area (Å²) in [7, 11) is 0. The molecule has 134 valence electrons. The molecule has 2 aromatic heterocycles. The number of carbonyl (C=O) groups is 2. The van der Waals surface area contributed by atoms with Gasteiger partial charge in [0, 0.05) is 18.4 Å². The minimum Gasteiger partial charge on any atom is -0.459 e. The zero-order valence-electron chi connectivity index (χ0n) is 14.3. The van der Waals surface area contributed by atoms with Gasteiger partial charge in [-0.2, -0.15) is 0 Å². The number of hydrogen-bond donors (Lipinski definition) is 1. The van der Waals surface area contributed by atoms with E-state index in [4.69, 9.17) is 4.42 Å². The van der Waals surface area contributed by atoms with Crippen LogP contribution in [0.15, 0.2) is 34.7 Å². The molecule has 1 saturated heterocycles. The zero-order valence-corrected chi connectivity index (χ0v) is 15.1. The van der Waals surface area contributed by atoms with Gasteiger partial charge in [-0.25, -0.2) is 0 Å². The minimum atomic E-state index is -0.388. The maximum atomic E-state index is 12.5. The Bertz CT molecular complexity index is 931. The summed E-state index contributed by atoms with van der Waals surface area (Å²) in [5.41, 5.74) is 0.793. The van der Waals surface area contributed by atoms with Crippen LogP contribution < -0.4 is 10.2 Å². The Morgan fingerprint density at radius 3 is 3.00 bits per heavy atom. The molecule has 1 aliphatic rings. The van der Waals surface area contributed by atoms with Crippen LogP contribution in [0.1, 0.15) is 24.1 Å². The van der Waals surface area contributed by atoms with Crippen molar-refractivity contribution in [3.8, 4) is 0 Å². The summed E-state index contributed by atoms with van der Waals surface area (Å²) in [5.74, 6) is 0.0625. The largest absolute Gasteiger partial charge is 0.459 e. The van der Waals surface area contributed by atoms with Crippen LogP contribution in [0.5, 0.6) is 0 Å². The molecule has 3 heterocycles. The fraction of sp³-hybridized carbons (Fsp3) is 0.333. The number of nitrogens with one attached hydrogen (secondary N) is 1. The average Bonchev–Trinajstić information content (AvgIpc) is 3.36. The smallest absolute Gasteiger partial charge is 0.229 e. The first-order valence-electron chi connectivity index (χ1n) is 8.52.